The lowest BCUT2D eigenvalue weighted by atomic mass is 9.97. The van der Waals surface area contributed by atoms with Crippen LogP contribution in [0, 0.1) is 6.07 Å². The number of hydrogen-bond acceptors (Lipinski definition) is 3. The number of benzene rings is 1. The summed E-state index contributed by atoms with van der Waals surface area (Å²) in [5, 5.41) is 0. The van der Waals surface area contributed by atoms with Gasteiger partial charge in [0.25, 0.3) is 0 Å². The maximum Gasteiger partial charge on any atom is 0.169 e. The van der Waals surface area contributed by atoms with Crippen molar-refractivity contribution in [2.75, 3.05) is 0 Å². The molecule has 3 aliphatic carbocycles. The first-order valence-electron chi connectivity index (χ1n) is 11.4. The van der Waals surface area contributed by atoms with E-state index in [1.165, 1.54) is 70.6 Å². The molecule has 0 aliphatic heterocycles. The van der Waals surface area contributed by atoms with Gasteiger partial charge in [-0.3, -0.25) is 0 Å². The fourth-order valence-electron chi connectivity index (χ4n) is 4.78. The summed E-state index contributed by atoms with van der Waals surface area (Å²) >= 11 is 0. The molecule has 1 aromatic rings. The topological polar surface area (TPSA) is 27.7 Å². The molecule has 3 saturated carbocycles. The van der Waals surface area contributed by atoms with Crippen LogP contribution in [0.1, 0.15) is 96.3 Å². The van der Waals surface area contributed by atoms with Crippen molar-refractivity contribution >= 4 is 0 Å². The van der Waals surface area contributed by atoms with Crippen LogP contribution < -0.4 is 14.2 Å². The van der Waals surface area contributed by atoms with Crippen LogP contribution in [-0.2, 0) is 0 Å². The van der Waals surface area contributed by atoms with Crippen LogP contribution in [-0.4, -0.2) is 18.3 Å². The van der Waals surface area contributed by atoms with Gasteiger partial charge in [-0.15, -0.1) is 0 Å². The zero-order chi connectivity index (χ0) is 18.3. The van der Waals surface area contributed by atoms with Crippen molar-refractivity contribution in [2.45, 2.75) is 115 Å². The first-order valence-corrected chi connectivity index (χ1v) is 11.4. The highest BCUT2D eigenvalue weighted by Crippen LogP contribution is 2.37. The van der Waals surface area contributed by atoms with Gasteiger partial charge in [-0.25, -0.2) is 0 Å². The zero-order valence-electron chi connectivity index (χ0n) is 16.7. The van der Waals surface area contributed by atoms with Gasteiger partial charge in [-0.2, -0.15) is 0 Å². The van der Waals surface area contributed by atoms with E-state index in [-0.39, 0.29) is 0 Å². The molecule has 0 aromatic heterocycles. The summed E-state index contributed by atoms with van der Waals surface area (Å²) in [6.45, 7) is 0. The Kier molecular flexibility index (Phi) is 6.81. The van der Waals surface area contributed by atoms with Gasteiger partial charge in [0.2, 0.25) is 0 Å². The highest BCUT2D eigenvalue weighted by molar-refractivity contribution is 5.45. The molecule has 0 spiro atoms. The molecule has 149 valence electrons. The molecule has 0 heterocycles. The fraction of sp³-hybridized carbons (Fsp3) is 0.750. The highest BCUT2D eigenvalue weighted by atomic mass is 16.5. The number of ether oxygens (including phenoxy) is 3. The lowest BCUT2D eigenvalue weighted by Crippen LogP contribution is -2.23. The lowest BCUT2D eigenvalue weighted by molar-refractivity contribution is 0.120. The third kappa shape index (κ3) is 5.56. The second-order valence-corrected chi connectivity index (χ2v) is 8.66. The molecule has 0 N–H and O–H groups in total. The molecule has 3 aliphatic rings. The van der Waals surface area contributed by atoms with E-state index in [0.29, 0.717) is 18.3 Å². The van der Waals surface area contributed by atoms with Crippen LogP contribution in [0.3, 0.4) is 0 Å². The van der Waals surface area contributed by atoms with Gasteiger partial charge >= 0.3 is 0 Å². The standard InChI is InChI=1S/C24H35O3/c1-4-10-19(11-5-1)25-22-16-17-23(26-20-12-6-2-7-13-20)24(18-22)27-21-14-8-3-9-15-21/h16,18-21H,1-15H2. The Bertz CT molecular complexity index is 567. The minimum Gasteiger partial charge on any atom is -0.490 e. The molecule has 1 aromatic carbocycles. The van der Waals surface area contributed by atoms with E-state index in [2.05, 4.69) is 12.1 Å². The summed E-state index contributed by atoms with van der Waals surface area (Å²) in [5.74, 6) is 2.54. The first kappa shape index (κ1) is 19.0. The third-order valence-corrected chi connectivity index (χ3v) is 6.38. The van der Waals surface area contributed by atoms with E-state index in [4.69, 9.17) is 14.2 Å². The van der Waals surface area contributed by atoms with Crippen molar-refractivity contribution < 1.29 is 14.2 Å². The van der Waals surface area contributed by atoms with Crippen molar-refractivity contribution in [1.29, 1.82) is 0 Å². The summed E-state index contributed by atoms with van der Waals surface area (Å²) < 4.78 is 19.0. The Hall–Kier alpha value is -1.38. The molecule has 3 heteroatoms. The van der Waals surface area contributed by atoms with Crippen molar-refractivity contribution in [3.8, 4) is 17.2 Å². The normalized spacial score (nSPS) is 23.1. The average molecular weight is 372 g/mol. The summed E-state index contributed by atoms with van der Waals surface area (Å²) in [6, 6.07) is 7.39. The SMILES string of the molecule is [c]1cc(OC2CCCCC2)cc(OC2CCCCC2)c1OC1CCCCC1. The maximum absolute atomic E-state index is 6.42. The van der Waals surface area contributed by atoms with Gasteiger partial charge in [0.05, 0.1) is 18.3 Å². The van der Waals surface area contributed by atoms with E-state index in [1.807, 2.05) is 6.07 Å². The largest absolute Gasteiger partial charge is 0.490 e. The molecule has 0 unspecified atom stereocenters. The Labute approximate surface area is 164 Å². The molecule has 3 nitrogen and oxygen atoms in total. The molecule has 3 fully saturated rings. The average Bonchev–Trinajstić information content (AvgIpc) is 2.72. The van der Waals surface area contributed by atoms with Crippen molar-refractivity contribution in [2.24, 2.45) is 0 Å². The molecule has 0 saturated heterocycles. The van der Waals surface area contributed by atoms with Crippen LogP contribution in [0.2, 0.25) is 0 Å². The van der Waals surface area contributed by atoms with Crippen LogP contribution in [0.25, 0.3) is 0 Å². The van der Waals surface area contributed by atoms with Crippen molar-refractivity contribution in [1.82, 2.24) is 0 Å². The van der Waals surface area contributed by atoms with Crippen LogP contribution in [0.4, 0.5) is 0 Å². The molecule has 1 radical (unpaired) electrons. The van der Waals surface area contributed by atoms with E-state index in [1.54, 1.807) is 0 Å². The van der Waals surface area contributed by atoms with Gasteiger partial charge < -0.3 is 14.2 Å². The van der Waals surface area contributed by atoms with Crippen molar-refractivity contribution in [3.63, 3.8) is 0 Å². The summed E-state index contributed by atoms with van der Waals surface area (Å²) in [6.07, 6.45) is 19.6. The van der Waals surface area contributed by atoms with Gasteiger partial charge in [0.15, 0.2) is 11.5 Å². The van der Waals surface area contributed by atoms with Gasteiger partial charge in [-0.05, 0) is 83.1 Å². The Morgan fingerprint density at radius 1 is 0.593 bits per heavy atom. The quantitative estimate of drug-likeness (QED) is 0.562. The molecule has 0 bridgehead atoms. The Morgan fingerprint density at radius 2 is 1.07 bits per heavy atom. The second-order valence-electron chi connectivity index (χ2n) is 8.66. The molecule has 27 heavy (non-hydrogen) atoms. The third-order valence-electron chi connectivity index (χ3n) is 6.38. The maximum atomic E-state index is 6.42. The minimum absolute atomic E-state index is 0.311. The fourth-order valence-corrected chi connectivity index (χ4v) is 4.78. The summed E-state index contributed by atoms with van der Waals surface area (Å²) in [5.41, 5.74) is 0. The molecule has 0 amide bonds. The lowest BCUT2D eigenvalue weighted by Gasteiger charge is -2.28. The predicted octanol–water partition coefficient (Wildman–Crippen LogP) is 6.62. The number of hydrogen-bond donors (Lipinski definition) is 0. The van der Waals surface area contributed by atoms with E-state index in [9.17, 15) is 0 Å². The summed E-state index contributed by atoms with van der Waals surface area (Å²) in [7, 11) is 0. The second kappa shape index (κ2) is 9.71. The first-order chi connectivity index (χ1) is 13.4. The number of rotatable bonds is 6. The molecular weight excluding hydrogens is 336 g/mol. The predicted molar refractivity (Wildman–Crippen MR) is 108 cm³/mol. The van der Waals surface area contributed by atoms with Gasteiger partial charge in [0, 0.05) is 12.1 Å². The Morgan fingerprint density at radius 3 is 1.63 bits per heavy atom. The zero-order valence-corrected chi connectivity index (χ0v) is 16.7. The van der Waals surface area contributed by atoms with Gasteiger partial charge in [0.1, 0.15) is 5.75 Å². The van der Waals surface area contributed by atoms with Crippen LogP contribution in [0.5, 0.6) is 17.2 Å². The van der Waals surface area contributed by atoms with Gasteiger partial charge in [-0.1, -0.05) is 19.3 Å². The Balaban J connectivity index is 1.47. The highest BCUT2D eigenvalue weighted by Gasteiger charge is 2.22. The summed E-state index contributed by atoms with van der Waals surface area (Å²) in [4.78, 5) is 0. The molecule has 0 atom stereocenters. The smallest absolute Gasteiger partial charge is 0.169 e. The van der Waals surface area contributed by atoms with Crippen molar-refractivity contribution in [3.05, 3.63) is 18.2 Å². The van der Waals surface area contributed by atoms with E-state index in [0.717, 1.165) is 42.9 Å². The minimum atomic E-state index is 0.311. The molecule has 4 rings (SSSR count). The van der Waals surface area contributed by atoms with Crippen LogP contribution >= 0.6 is 0 Å². The molecular formula is C24H35O3. The monoisotopic (exact) mass is 371 g/mol. The van der Waals surface area contributed by atoms with E-state index < -0.39 is 0 Å². The van der Waals surface area contributed by atoms with Crippen LogP contribution in [0.15, 0.2) is 12.1 Å². The van der Waals surface area contributed by atoms with E-state index >= 15 is 0 Å².